The number of pyridine rings is 1. The summed E-state index contributed by atoms with van der Waals surface area (Å²) in [5.41, 5.74) is 4.41. The van der Waals surface area contributed by atoms with E-state index in [1.54, 1.807) is 30.5 Å². The lowest BCUT2D eigenvalue weighted by Gasteiger charge is -2.16. The summed E-state index contributed by atoms with van der Waals surface area (Å²) in [5, 5.41) is 6.25. The van der Waals surface area contributed by atoms with E-state index >= 15 is 0 Å². The van der Waals surface area contributed by atoms with Crippen LogP contribution >= 0.6 is 0 Å². The van der Waals surface area contributed by atoms with Gasteiger partial charge in [-0.2, -0.15) is 0 Å². The fourth-order valence-corrected chi connectivity index (χ4v) is 5.53. The molecule has 5 rings (SSSR count). The molecule has 1 unspecified atom stereocenters. The van der Waals surface area contributed by atoms with Crippen LogP contribution in [0, 0.1) is 0 Å². The number of rotatable bonds is 8. The predicted molar refractivity (Wildman–Crippen MR) is 132 cm³/mol. The number of amides is 1. The van der Waals surface area contributed by atoms with E-state index in [2.05, 4.69) is 20.3 Å². The summed E-state index contributed by atoms with van der Waals surface area (Å²) < 4.78 is 28.9. The molecule has 176 valence electrons. The van der Waals surface area contributed by atoms with Crippen molar-refractivity contribution in [3.05, 3.63) is 83.0 Å². The molecule has 0 radical (unpaired) electrons. The highest BCUT2D eigenvalue weighted by Gasteiger charge is 2.28. The molecule has 1 atom stereocenters. The van der Waals surface area contributed by atoms with E-state index in [1.807, 2.05) is 37.3 Å². The Morgan fingerprint density at radius 3 is 2.59 bits per heavy atom. The molecule has 2 aliphatic rings. The van der Waals surface area contributed by atoms with Crippen LogP contribution in [-0.4, -0.2) is 25.4 Å². The van der Waals surface area contributed by atoms with Crippen LogP contribution < -0.4 is 15.4 Å². The Morgan fingerprint density at radius 2 is 1.85 bits per heavy atom. The van der Waals surface area contributed by atoms with E-state index in [-0.39, 0.29) is 22.9 Å². The van der Waals surface area contributed by atoms with Crippen molar-refractivity contribution in [1.29, 1.82) is 0 Å². The summed E-state index contributed by atoms with van der Waals surface area (Å²) >= 11 is 0. The number of aromatic nitrogens is 1. The van der Waals surface area contributed by atoms with Crippen molar-refractivity contribution in [2.45, 2.75) is 56.0 Å². The van der Waals surface area contributed by atoms with Gasteiger partial charge in [-0.3, -0.25) is 4.79 Å². The summed E-state index contributed by atoms with van der Waals surface area (Å²) in [6.07, 6.45) is 6.03. The molecule has 1 heterocycles. The van der Waals surface area contributed by atoms with Crippen molar-refractivity contribution in [3.8, 4) is 0 Å². The molecule has 0 bridgehead atoms. The maximum absolute atomic E-state index is 13.0. The summed E-state index contributed by atoms with van der Waals surface area (Å²) in [6.45, 7) is 2.04. The molecule has 8 heteroatoms. The van der Waals surface area contributed by atoms with Crippen LogP contribution in [-0.2, 0) is 22.9 Å². The molecule has 2 aliphatic carbocycles. The molecular formula is C26H28N4O3S. The maximum Gasteiger partial charge on any atom is 0.255 e. The van der Waals surface area contributed by atoms with Crippen LogP contribution in [0.5, 0.6) is 0 Å². The number of sulfonamides is 1. The standard InChI is InChI=1S/C26H28N4O3S/c1-2-17-5-12-21(13-6-17)34(32,33)30-24-14-8-18-7-9-20(16-23(18)24)28-25-22(4-3-15-27-25)26(31)29-19-10-11-19/h3-7,9,12-13,15-16,19,24,30H,2,8,10-11,14H2,1H3,(H,27,28)(H,29,31). The van der Waals surface area contributed by atoms with Gasteiger partial charge < -0.3 is 10.6 Å². The van der Waals surface area contributed by atoms with Crippen molar-refractivity contribution >= 4 is 27.4 Å². The van der Waals surface area contributed by atoms with Crippen molar-refractivity contribution in [1.82, 2.24) is 15.0 Å². The zero-order valence-electron chi connectivity index (χ0n) is 19.0. The number of carbonyl (C=O) groups is 1. The molecule has 1 amide bonds. The number of aryl methyl sites for hydroxylation is 2. The number of anilines is 2. The Kier molecular flexibility index (Phi) is 6.10. The van der Waals surface area contributed by atoms with Gasteiger partial charge in [0.2, 0.25) is 10.0 Å². The van der Waals surface area contributed by atoms with Gasteiger partial charge in [-0.15, -0.1) is 0 Å². The van der Waals surface area contributed by atoms with Crippen molar-refractivity contribution < 1.29 is 13.2 Å². The molecule has 1 aromatic heterocycles. The lowest BCUT2D eigenvalue weighted by Crippen LogP contribution is -2.27. The van der Waals surface area contributed by atoms with Gasteiger partial charge in [-0.1, -0.05) is 25.1 Å². The normalized spacial score (nSPS) is 17.3. The third-order valence-electron chi connectivity index (χ3n) is 6.39. The lowest BCUT2D eigenvalue weighted by molar-refractivity contribution is 0.0951. The first-order valence-electron chi connectivity index (χ1n) is 11.7. The molecule has 0 spiro atoms. The second kappa shape index (κ2) is 9.19. The Morgan fingerprint density at radius 1 is 1.06 bits per heavy atom. The average molecular weight is 477 g/mol. The number of nitrogens with one attached hydrogen (secondary N) is 3. The molecular weight excluding hydrogens is 448 g/mol. The lowest BCUT2D eigenvalue weighted by atomic mass is 10.1. The highest BCUT2D eigenvalue weighted by atomic mass is 32.2. The van der Waals surface area contributed by atoms with Crippen LogP contribution in [0.2, 0.25) is 0 Å². The van der Waals surface area contributed by atoms with E-state index in [9.17, 15) is 13.2 Å². The van der Waals surface area contributed by atoms with Gasteiger partial charge in [0.05, 0.1) is 10.5 Å². The smallest absolute Gasteiger partial charge is 0.255 e. The summed E-state index contributed by atoms with van der Waals surface area (Å²) in [7, 11) is -3.64. The van der Waals surface area contributed by atoms with E-state index in [0.29, 0.717) is 17.8 Å². The van der Waals surface area contributed by atoms with Crippen LogP contribution in [0.25, 0.3) is 0 Å². The van der Waals surface area contributed by atoms with E-state index < -0.39 is 10.0 Å². The highest BCUT2D eigenvalue weighted by molar-refractivity contribution is 7.89. The van der Waals surface area contributed by atoms with Gasteiger partial charge in [0.1, 0.15) is 5.82 Å². The van der Waals surface area contributed by atoms with Crippen LogP contribution in [0.1, 0.15) is 59.3 Å². The van der Waals surface area contributed by atoms with Crippen LogP contribution in [0.15, 0.2) is 65.7 Å². The molecule has 0 aliphatic heterocycles. The summed E-state index contributed by atoms with van der Waals surface area (Å²) in [5.74, 6) is 0.339. The number of hydrogen-bond donors (Lipinski definition) is 3. The van der Waals surface area contributed by atoms with Gasteiger partial charge in [0, 0.05) is 24.0 Å². The Balaban J connectivity index is 1.35. The third kappa shape index (κ3) is 4.83. The number of hydrogen-bond acceptors (Lipinski definition) is 5. The number of nitrogens with zero attached hydrogens (tertiary/aromatic N) is 1. The quantitative estimate of drug-likeness (QED) is 0.451. The number of fused-ring (bicyclic) bond motifs is 1. The van der Waals surface area contributed by atoms with Gasteiger partial charge in [0.25, 0.3) is 5.91 Å². The Hall–Kier alpha value is -3.23. The van der Waals surface area contributed by atoms with Crippen molar-refractivity contribution in [3.63, 3.8) is 0 Å². The first-order chi connectivity index (χ1) is 16.4. The minimum absolute atomic E-state index is 0.140. The fraction of sp³-hybridized carbons (Fsp3) is 0.308. The zero-order chi connectivity index (χ0) is 23.7. The molecule has 3 N–H and O–H groups in total. The van der Waals surface area contributed by atoms with Gasteiger partial charge in [0.15, 0.2) is 0 Å². The molecule has 2 aromatic carbocycles. The number of benzene rings is 2. The van der Waals surface area contributed by atoms with E-state index in [0.717, 1.165) is 48.1 Å². The minimum atomic E-state index is -3.64. The molecule has 1 saturated carbocycles. The third-order valence-corrected chi connectivity index (χ3v) is 7.88. The van der Waals surface area contributed by atoms with Gasteiger partial charge in [-0.25, -0.2) is 18.1 Å². The number of carbonyl (C=O) groups excluding carboxylic acids is 1. The molecule has 7 nitrogen and oxygen atoms in total. The monoisotopic (exact) mass is 476 g/mol. The van der Waals surface area contributed by atoms with Gasteiger partial charge in [-0.05, 0) is 85.2 Å². The zero-order valence-corrected chi connectivity index (χ0v) is 19.9. The Labute approximate surface area is 200 Å². The first-order valence-corrected chi connectivity index (χ1v) is 13.2. The van der Waals surface area contributed by atoms with Crippen molar-refractivity contribution in [2.75, 3.05) is 5.32 Å². The molecule has 34 heavy (non-hydrogen) atoms. The average Bonchev–Trinajstić information content (AvgIpc) is 3.58. The van der Waals surface area contributed by atoms with E-state index in [4.69, 9.17) is 0 Å². The largest absolute Gasteiger partial charge is 0.349 e. The molecule has 1 fully saturated rings. The van der Waals surface area contributed by atoms with E-state index in [1.165, 1.54) is 0 Å². The predicted octanol–water partition coefficient (Wildman–Crippen LogP) is 4.25. The van der Waals surface area contributed by atoms with Crippen LogP contribution in [0.3, 0.4) is 0 Å². The summed E-state index contributed by atoms with van der Waals surface area (Å²) in [6, 6.07) is 16.4. The topological polar surface area (TPSA) is 100 Å². The SMILES string of the molecule is CCc1ccc(S(=O)(=O)NC2CCc3ccc(Nc4ncccc4C(=O)NC4CC4)cc32)cc1. The van der Waals surface area contributed by atoms with Crippen LogP contribution in [0.4, 0.5) is 11.5 Å². The Bertz CT molecular complexity index is 1320. The maximum atomic E-state index is 13.0. The summed E-state index contributed by atoms with van der Waals surface area (Å²) in [4.78, 5) is 17.2. The van der Waals surface area contributed by atoms with Gasteiger partial charge >= 0.3 is 0 Å². The second-order valence-electron chi connectivity index (χ2n) is 8.90. The molecule has 3 aromatic rings. The highest BCUT2D eigenvalue weighted by Crippen LogP contribution is 2.35. The fourth-order valence-electron chi connectivity index (χ4n) is 4.28. The molecule has 0 saturated heterocycles. The minimum Gasteiger partial charge on any atom is -0.349 e. The van der Waals surface area contributed by atoms with Crippen molar-refractivity contribution in [2.24, 2.45) is 0 Å². The second-order valence-corrected chi connectivity index (χ2v) is 10.6. The first kappa shape index (κ1) is 22.6.